The van der Waals surface area contributed by atoms with Gasteiger partial charge in [-0.15, -0.1) is 6.42 Å². The molecule has 1 aliphatic heterocycles. The molecule has 0 saturated carbocycles. The van der Waals surface area contributed by atoms with Gasteiger partial charge in [0.15, 0.2) is 0 Å². The number of aliphatic hydroxyl groups excluding tert-OH is 3. The van der Waals surface area contributed by atoms with E-state index in [0.29, 0.717) is 5.57 Å². The number of ether oxygens (including phenoxy) is 1. The lowest BCUT2D eigenvalue weighted by Crippen LogP contribution is -2.62. The van der Waals surface area contributed by atoms with E-state index < -0.39 is 30.0 Å². The molecule has 0 bridgehead atoms. The Kier molecular flexibility index (Phi) is 9.64. The largest absolute Gasteiger partial charge is 0.387 e. The molecule has 0 unspecified atom stereocenters. The van der Waals surface area contributed by atoms with Crippen LogP contribution >= 0.6 is 0 Å². The fourth-order valence-corrected chi connectivity index (χ4v) is 2.87. The maximum atomic E-state index is 10.3. The van der Waals surface area contributed by atoms with Crippen LogP contribution in [0.1, 0.15) is 47.0 Å². The molecule has 1 aliphatic rings. The molecule has 0 aromatic heterocycles. The molecule has 3 N–H and O–H groups in total. The molecule has 154 valence electrons. The van der Waals surface area contributed by atoms with Crippen LogP contribution in [0.2, 0.25) is 0 Å². The Hall–Kier alpha value is -1.90. The highest BCUT2D eigenvalue weighted by Gasteiger charge is 2.48. The van der Waals surface area contributed by atoms with E-state index in [9.17, 15) is 15.3 Å². The van der Waals surface area contributed by atoms with Gasteiger partial charge in [0, 0.05) is 5.57 Å². The van der Waals surface area contributed by atoms with Gasteiger partial charge in [-0.25, -0.2) is 0 Å². The predicted molar refractivity (Wildman–Crippen MR) is 115 cm³/mol. The van der Waals surface area contributed by atoms with Gasteiger partial charge in [-0.3, -0.25) is 0 Å². The van der Waals surface area contributed by atoms with E-state index in [1.807, 2.05) is 18.2 Å². The van der Waals surface area contributed by atoms with Crippen LogP contribution in [0.4, 0.5) is 0 Å². The Bertz CT molecular complexity index is 688. The first-order chi connectivity index (χ1) is 13.2. The number of allylic oxidation sites excluding steroid dienone is 7. The molecule has 1 heterocycles. The molecule has 4 heteroatoms. The fraction of sp³-hybridized carbons (Fsp3) is 0.500. The van der Waals surface area contributed by atoms with Crippen molar-refractivity contribution in [1.29, 1.82) is 0 Å². The zero-order valence-corrected chi connectivity index (χ0v) is 17.4. The topological polar surface area (TPSA) is 69.9 Å². The zero-order valence-electron chi connectivity index (χ0n) is 17.4. The molecule has 0 amide bonds. The van der Waals surface area contributed by atoms with E-state index in [0.717, 1.165) is 24.8 Å². The average molecular weight is 387 g/mol. The van der Waals surface area contributed by atoms with Crippen LogP contribution in [0.3, 0.4) is 0 Å². The molecule has 0 aliphatic carbocycles. The van der Waals surface area contributed by atoms with Crippen LogP contribution in [0.25, 0.3) is 0 Å². The molecule has 0 spiro atoms. The van der Waals surface area contributed by atoms with Crippen LogP contribution in [0.5, 0.6) is 0 Å². The first-order valence-corrected chi connectivity index (χ1v) is 9.72. The van der Waals surface area contributed by atoms with E-state index in [2.05, 4.69) is 32.4 Å². The summed E-state index contributed by atoms with van der Waals surface area (Å²) in [6, 6.07) is 0. The number of rotatable bonds is 8. The number of aliphatic hydroxyl groups is 3. The number of hydrogen-bond acceptors (Lipinski definition) is 4. The Morgan fingerprint density at radius 3 is 2.43 bits per heavy atom. The molecule has 28 heavy (non-hydrogen) atoms. The summed E-state index contributed by atoms with van der Waals surface area (Å²) in [5.74, 6) is 2.71. The minimum Gasteiger partial charge on any atom is -0.387 e. The van der Waals surface area contributed by atoms with Gasteiger partial charge < -0.3 is 20.1 Å². The lowest BCUT2D eigenvalue weighted by atomic mass is 9.85. The van der Waals surface area contributed by atoms with Crippen LogP contribution in [-0.4, -0.2) is 45.3 Å². The van der Waals surface area contributed by atoms with E-state index in [1.165, 1.54) is 5.57 Å². The Balaban J connectivity index is 2.78. The summed E-state index contributed by atoms with van der Waals surface area (Å²) < 4.78 is 5.82. The quantitative estimate of drug-likeness (QED) is 0.440. The van der Waals surface area contributed by atoms with E-state index in [1.54, 1.807) is 26.0 Å². The Morgan fingerprint density at radius 1 is 1.18 bits per heavy atom. The first-order valence-electron chi connectivity index (χ1n) is 9.72. The van der Waals surface area contributed by atoms with Crippen LogP contribution in [0.15, 0.2) is 59.8 Å². The molecule has 0 aromatic rings. The van der Waals surface area contributed by atoms with Gasteiger partial charge in [-0.1, -0.05) is 61.5 Å². The standard InChI is InChI=1S/C24H34O4/c1-7-17(4)15-16-18(8-2)13-11-10-12-14-19(9-3)22-20(25)21(26)23(27)24(5,6)28-22/h2,9-10,12,14-16,20-23,25-27H,3,7,11,13H2,1,4-6H3/b12-10-,17-15+,18-16+,19-14+/t20-,21-,22+,23+/m1/s1. The zero-order chi connectivity index (χ0) is 21.3. The second kappa shape index (κ2) is 11.2. The maximum Gasteiger partial charge on any atom is 0.113 e. The third-order valence-corrected chi connectivity index (χ3v) is 5.01. The monoisotopic (exact) mass is 386 g/mol. The fourth-order valence-electron chi connectivity index (χ4n) is 2.87. The van der Waals surface area contributed by atoms with Gasteiger partial charge in [-0.2, -0.15) is 0 Å². The highest BCUT2D eigenvalue weighted by atomic mass is 16.5. The third kappa shape index (κ3) is 6.61. The summed E-state index contributed by atoms with van der Waals surface area (Å²) in [4.78, 5) is 0. The first kappa shape index (κ1) is 24.1. The van der Waals surface area contributed by atoms with Gasteiger partial charge in [-0.05, 0) is 45.6 Å². The Morgan fingerprint density at radius 2 is 1.86 bits per heavy atom. The smallest absolute Gasteiger partial charge is 0.113 e. The summed E-state index contributed by atoms with van der Waals surface area (Å²) >= 11 is 0. The van der Waals surface area contributed by atoms with Crippen molar-refractivity contribution < 1.29 is 20.1 Å². The molecule has 1 saturated heterocycles. The molecular weight excluding hydrogens is 352 g/mol. The molecule has 4 nitrogen and oxygen atoms in total. The summed E-state index contributed by atoms with van der Waals surface area (Å²) in [7, 11) is 0. The summed E-state index contributed by atoms with van der Waals surface area (Å²) in [5, 5.41) is 30.4. The normalized spacial score (nSPS) is 29.0. The molecule has 1 rings (SSSR count). The van der Waals surface area contributed by atoms with Crippen molar-refractivity contribution >= 4 is 0 Å². The molecule has 4 atom stereocenters. The van der Waals surface area contributed by atoms with Crippen molar-refractivity contribution in [3.8, 4) is 12.3 Å². The van der Waals surface area contributed by atoms with Crippen LogP contribution < -0.4 is 0 Å². The number of terminal acetylenes is 1. The van der Waals surface area contributed by atoms with Crippen molar-refractivity contribution in [2.45, 2.75) is 77.0 Å². The SMILES string of the molecule is C#C/C(=C\C=C(/C)CC)CC/C=C\C=C(/C=C)[C@@H]1OC(C)(C)[C@@H](O)[C@H](O)[C@H]1O. The van der Waals surface area contributed by atoms with Crippen molar-refractivity contribution in [1.82, 2.24) is 0 Å². The van der Waals surface area contributed by atoms with Crippen molar-refractivity contribution in [2.24, 2.45) is 0 Å². The lowest BCUT2D eigenvalue weighted by Gasteiger charge is -2.46. The van der Waals surface area contributed by atoms with E-state index in [-0.39, 0.29) is 0 Å². The minimum atomic E-state index is -1.29. The molecule has 1 fully saturated rings. The maximum absolute atomic E-state index is 10.3. The summed E-state index contributed by atoms with van der Waals surface area (Å²) in [6.45, 7) is 11.3. The summed E-state index contributed by atoms with van der Waals surface area (Å²) in [5.41, 5.74) is 1.88. The summed E-state index contributed by atoms with van der Waals surface area (Å²) in [6.07, 6.45) is 14.9. The number of hydrogen-bond donors (Lipinski definition) is 3. The highest BCUT2D eigenvalue weighted by Crippen LogP contribution is 2.32. The van der Waals surface area contributed by atoms with Crippen LogP contribution in [-0.2, 0) is 4.74 Å². The second-order valence-electron chi connectivity index (χ2n) is 7.61. The molecule has 0 aromatic carbocycles. The van der Waals surface area contributed by atoms with Crippen molar-refractivity contribution in [3.63, 3.8) is 0 Å². The van der Waals surface area contributed by atoms with Gasteiger partial charge >= 0.3 is 0 Å². The minimum absolute atomic E-state index is 0.636. The van der Waals surface area contributed by atoms with Crippen molar-refractivity contribution in [2.75, 3.05) is 0 Å². The molecule has 0 radical (unpaired) electrons. The third-order valence-electron chi connectivity index (χ3n) is 5.01. The average Bonchev–Trinajstić information content (AvgIpc) is 2.68. The van der Waals surface area contributed by atoms with Gasteiger partial charge in [0.1, 0.15) is 24.4 Å². The lowest BCUT2D eigenvalue weighted by molar-refractivity contribution is -0.245. The van der Waals surface area contributed by atoms with Crippen LogP contribution in [0, 0.1) is 12.3 Å². The predicted octanol–water partition coefficient (Wildman–Crippen LogP) is 3.61. The van der Waals surface area contributed by atoms with Crippen molar-refractivity contribution in [3.05, 3.63) is 59.8 Å². The molecular formula is C24H34O4. The highest BCUT2D eigenvalue weighted by molar-refractivity contribution is 5.32. The Labute approximate surface area is 169 Å². The van der Waals surface area contributed by atoms with E-state index in [4.69, 9.17) is 11.2 Å². The van der Waals surface area contributed by atoms with Gasteiger partial charge in [0.05, 0.1) is 5.60 Å². The van der Waals surface area contributed by atoms with Gasteiger partial charge in [0.25, 0.3) is 0 Å². The second-order valence-corrected chi connectivity index (χ2v) is 7.61. The van der Waals surface area contributed by atoms with Gasteiger partial charge in [0.2, 0.25) is 0 Å². The van der Waals surface area contributed by atoms with E-state index >= 15 is 0 Å².